The van der Waals surface area contributed by atoms with Crippen LogP contribution in [-0.4, -0.2) is 20.3 Å². The summed E-state index contributed by atoms with van der Waals surface area (Å²) in [7, 11) is 2.25. The van der Waals surface area contributed by atoms with Gasteiger partial charge in [0.15, 0.2) is 0 Å². The van der Waals surface area contributed by atoms with E-state index in [0.717, 1.165) is 6.44 Å². The van der Waals surface area contributed by atoms with Gasteiger partial charge in [-0.2, -0.15) is 0 Å². The molecule has 1 fully saturated rings. The molecule has 1 rings (SSSR count). The van der Waals surface area contributed by atoms with Crippen molar-refractivity contribution in [3.8, 4) is 0 Å². The molecule has 27 valence electrons. The van der Waals surface area contributed by atoms with Crippen LogP contribution >= 0.6 is 0 Å². The molecule has 5 heavy (non-hydrogen) atoms. The zero-order chi connectivity index (χ0) is 3.54. The average Bonchev–Trinajstić information content (AvgIpc) is 1.76. The lowest BCUT2D eigenvalue weighted by molar-refractivity contribution is 0.880. The highest BCUT2D eigenvalue weighted by Crippen LogP contribution is 1.79. The third kappa shape index (κ3) is 0.654. The van der Waals surface area contributed by atoms with Crippen LogP contribution in [0.3, 0.4) is 0 Å². The predicted molar refractivity (Wildman–Crippen MR) is 23.4 cm³/mol. The van der Waals surface area contributed by atoms with Crippen molar-refractivity contribution >= 4 is 7.28 Å². The van der Waals surface area contributed by atoms with Crippen molar-refractivity contribution in [3.05, 3.63) is 0 Å². The highest BCUT2D eigenvalue weighted by atomic mass is 14.8. The van der Waals surface area contributed by atoms with Crippen LogP contribution in [0.1, 0.15) is 0 Å². The first-order valence-electron chi connectivity index (χ1n) is 2.02. The lowest BCUT2D eigenvalue weighted by atomic mass is 9.79. The second-order valence-corrected chi connectivity index (χ2v) is 1.28. The summed E-state index contributed by atoms with van der Waals surface area (Å²) in [6.07, 6.45) is 2.39. The molecule has 0 saturated carbocycles. The van der Waals surface area contributed by atoms with E-state index in [1.165, 1.54) is 12.9 Å². The molecule has 0 atom stereocenters. The van der Waals surface area contributed by atoms with Gasteiger partial charge in [-0.25, -0.2) is 0 Å². The summed E-state index contributed by atoms with van der Waals surface area (Å²) in [5, 5.41) is 3.17. The average molecular weight is 67.9 g/mol. The Bertz CT molecular complexity index is 18.5. The lowest BCUT2D eigenvalue weighted by Gasteiger charge is -1.77. The lowest BCUT2D eigenvalue weighted by Crippen LogP contribution is -2.05. The van der Waals surface area contributed by atoms with Crippen LogP contribution in [0.5, 0.6) is 0 Å². The first-order valence-corrected chi connectivity index (χ1v) is 2.02. The van der Waals surface area contributed by atoms with Gasteiger partial charge in [-0.05, 0) is 13.0 Å². The molecule has 1 saturated heterocycles. The molecule has 0 aromatic rings. The van der Waals surface area contributed by atoms with E-state index in [2.05, 4.69) is 12.6 Å². The second kappa shape index (κ2) is 1.46. The minimum Gasteiger partial charge on any atom is -0.325 e. The molecule has 0 bridgehead atoms. The van der Waals surface area contributed by atoms with E-state index in [4.69, 9.17) is 0 Å². The molecule has 1 radical (unpaired) electrons. The molecular formula is C3H7BN. The predicted octanol–water partition coefficient (Wildman–Crippen LogP) is -0.330. The van der Waals surface area contributed by atoms with Crippen LogP contribution in [0.2, 0.25) is 6.32 Å². The second-order valence-electron chi connectivity index (χ2n) is 1.28. The maximum Gasteiger partial charge on any atom is 0.129 e. The monoisotopic (exact) mass is 68.1 g/mol. The Morgan fingerprint density at radius 1 is 1.60 bits per heavy atom. The fraction of sp³-hybridized carbons (Fsp3) is 1.00. The molecule has 1 heterocycles. The van der Waals surface area contributed by atoms with Gasteiger partial charge >= 0.3 is 0 Å². The topological polar surface area (TPSA) is 12.0 Å². The van der Waals surface area contributed by atoms with Crippen molar-refractivity contribution in [1.29, 1.82) is 0 Å². The number of rotatable bonds is 0. The highest BCUT2D eigenvalue weighted by Gasteiger charge is 1.95. The summed E-state index contributed by atoms with van der Waals surface area (Å²) in [5.74, 6) is 0. The molecule has 2 heteroatoms. The molecule has 0 aliphatic carbocycles. The molecule has 1 nitrogen and oxygen atoms in total. The summed E-state index contributed by atoms with van der Waals surface area (Å²) in [5.41, 5.74) is 0. The van der Waals surface area contributed by atoms with E-state index in [1.807, 2.05) is 0 Å². The van der Waals surface area contributed by atoms with E-state index < -0.39 is 0 Å². The van der Waals surface area contributed by atoms with Crippen molar-refractivity contribution in [2.45, 2.75) is 6.32 Å². The van der Waals surface area contributed by atoms with E-state index in [0.29, 0.717) is 0 Å². The van der Waals surface area contributed by atoms with Crippen molar-refractivity contribution < 1.29 is 0 Å². The van der Waals surface area contributed by atoms with Crippen LogP contribution in [-0.2, 0) is 0 Å². The molecule has 1 aliphatic heterocycles. The molecule has 0 aromatic heterocycles. The van der Waals surface area contributed by atoms with Gasteiger partial charge in [-0.1, -0.05) is 6.32 Å². The normalized spacial score (nSPS) is 22.4. The van der Waals surface area contributed by atoms with Gasteiger partial charge in [0.25, 0.3) is 0 Å². The van der Waals surface area contributed by atoms with Crippen LogP contribution < -0.4 is 5.32 Å². The fourth-order valence-corrected chi connectivity index (χ4v) is 0.510. The minimum atomic E-state index is 1.12. The Balaban J connectivity index is 2.08. The standard InChI is InChI=1S/C3H7BN/c1-2-5-3-4-1/h5H,1-3H2. The Labute approximate surface area is 33.0 Å². The molecule has 0 aromatic carbocycles. The maximum atomic E-state index is 3.17. The molecule has 0 amide bonds. The van der Waals surface area contributed by atoms with Gasteiger partial charge < -0.3 is 5.32 Å². The molecule has 0 unspecified atom stereocenters. The maximum absolute atomic E-state index is 3.17. The van der Waals surface area contributed by atoms with E-state index in [9.17, 15) is 0 Å². The van der Waals surface area contributed by atoms with Gasteiger partial charge in [-0.15, -0.1) is 0 Å². The Kier molecular flexibility index (Phi) is 0.940. The molecule has 1 aliphatic rings. The van der Waals surface area contributed by atoms with Crippen molar-refractivity contribution in [1.82, 2.24) is 5.32 Å². The van der Waals surface area contributed by atoms with Gasteiger partial charge in [0, 0.05) is 0 Å². The van der Waals surface area contributed by atoms with E-state index in [-0.39, 0.29) is 0 Å². The smallest absolute Gasteiger partial charge is 0.129 e. The van der Waals surface area contributed by atoms with Crippen molar-refractivity contribution in [2.75, 3.05) is 13.0 Å². The molecule has 1 N–H and O–H groups in total. The van der Waals surface area contributed by atoms with Crippen LogP contribution in [0.15, 0.2) is 0 Å². The summed E-state index contributed by atoms with van der Waals surface area (Å²) < 4.78 is 0. The SMILES string of the molecule is [B]1CCNC1. The summed E-state index contributed by atoms with van der Waals surface area (Å²) in [6.45, 7) is 1.19. The summed E-state index contributed by atoms with van der Waals surface area (Å²) >= 11 is 0. The van der Waals surface area contributed by atoms with Crippen molar-refractivity contribution in [2.24, 2.45) is 0 Å². The molecule has 0 spiro atoms. The van der Waals surface area contributed by atoms with E-state index in [1.54, 1.807) is 0 Å². The van der Waals surface area contributed by atoms with Crippen molar-refractivity contribution in [3.63, 3.8) is 0 Å². The summed E-state index contributed by atoms with van der Waals surface area (Å²) in [6, 6.07) is 0. The number of nitrogens with one attached hydrogen (secondary N) is 1. The molecular weight excluding hydrogens is 60.9 g/mol. The Morgan fingerprint density at radius 2 is 2.60 bits per heavy atom. The third-order valence-corrected chi connectivity index (χ3v) is 0.814. The zero-order valence-corrected chi connectivity index (χ0v) is 3.20. The minimum absolute atomic E-state index is 1.12. The number of hydrogen-bond donors (Lipinski definition) is 1. The van der Waals surface area contributed by atoms with Gasteiger partial charge in [0.05, 0.1) is 0 Å². The Hall–Kier alpha value is 0.0249. The van der Waals surface area contributed by atoms with E-state index >= 15 is 0 Å². The van der Waals surface area contributed by atoms with Gasteiger partial charge in [0.1, 0.15) is 7.28 Å². The third-order valence-electron chi connectivity index (χ3n) is 0.814. The number of hydrogen-bond acceptors (Lipinski definition) is 1. The Morgan fingerprint density at radius 3 is 2.80 bits per heavy atom. The first-order chi connectivity index (χ1) is 2.50. The first kappa shape index (κ1) is 3.22. The highest BCUT2D eigenvalue weighted by molar-refractivity contribution is 6.36. The van der Waals surface area contributed by atoms with Gasteiger partial charge in [-0.3, -0.25) is 0 Å². The fourth-order valence-electron chi connectivity index (χ4n) is 0.510. The quantitative estimate of drug-likeness (QED) is 0.383. The van der Waals surface area contributed by atoms with Crippen LogP contribution in [0.25, 0.3) is 0 Å². The summed E-state index contributed by atoms with van der Waals surface area (Å²) in [4.78, 5) is 0. The van der Waals surface area contributed by atoms with Gasteiger partial charge in [0.2, 0.25) is 0 Å². The largest absolute Gasteiger partial charge is 0.325 e. The van der Waals surface area contributed by atoms with Crippen LogP contribution in [0, 0.1) is 0 Å². The zero-order valence-electron chi connectivity index (χ0n) is 3.20. The van der Waals surface area contributed by atoms with Crippen LogP contribution in [0.4, 0.5) is 0 Å².